The molecule has 0 aliphatic rings. The minimum Gasteiger partial charge on any atom is -0.467 e. The smallest absolute Gasteiger partial charge is 0.328 e. The van der Waals surface area contributed by atoms with Gasteiger partial charge in [0.25, 0.3) is 0 Å². The molecular weight excluding hydrogens is 415 g/mol. The normalized spacial score (nSPS) is 12.0. The third-order valence-electron chi connectivity index (χ3n) is 4.27. The summed E-state index contributed by atoms with van der Waals surface area (Å²) in [7, 11) is 1.29. The van der Waals surface area contributed by atoms with Gasteiger partial charge in [0.15, 0.2) is 0 Å². The molecule has 0 radical (unpaired) electrons. The minimum absolute atomic E-state index is 0.0280. The van der Waals surface area contributed by atoms with Gasteiger partial charge < -0.3 is 15.0 Å². The van der Waals surface area contributed by atoms with E-state index in [2.05, 4.69) is 26.2 Å². The predicted octanol–water partition coefficient (Wildman–Crippen LogP) is 3.51. The summed E-state index contributed by atoms with van der Waals surface area (Å²) in [6.07, 6.45) is 2.15. The molecule has 3 aromatic rings. The highest BCUT2D eigenvalue weighted by Gasteiger charge is 2.23. The zero-order chi connectivity index (χ0) is 19.4. The van der Waals surface area contributed by atoms with Gasteiger partial charge in [0.05, 0.1) is 18.0 Å². The van der Waals surface area contributed by atoms with Gasteiger partial charge in [0.1, 0.15) is 11.9 Å². The summed E-state index contributed by atoms with van der Waals surface area (Å²) < 4.78 is 18.5. The number of carbonyl (C=O) groups excluding carboxylic acids is 2. The maximum absolute atomic E-state index is 13.3. The molecule has 27 heavy (non-hydrogen) atoms. The van der Waals surface area contributed by atoms with Crippen LogP contribution in [0.3, 0.4) is 0 Å². The first-order valence-electron chi connectivity index (χ1n) is 8.34. The summed E-state index contributed by atoms with van der Waals surface area (Å²) in [4.78, 5) is 27.7. The lowest BCUT2D eigenvalue weighted by molar-refractivity contribution is -0.145. The fraction of sp³-hybridized carbons (Fsp3) is 0.200. The van der Waals surface area contributed by atoms with Crippen LogP contribution in [-0.2, 0) is 27.2 Å². The predicted molar refractivity (Wildman–Crippen MR) is 104 cm³/mol. The Morgan fingerprint density at radius 3 is 2.78 bits per heavy atom. The molecule has 0 saturated carbocycles. The van der Waals surface area contributed by atoms with Gasteiger partial charge in [0, 0.05) is 23.5 Å². The SMILES string of the molecule is COC(=O)[C@@H](Cc1c[nH]c2ccccc12)NC(=O)Cc1ccc(F)c(Br)c1. The standard InChI is InChI=1S/C20H18BrFN2O3/c1-27-20(26)18(10-13-11-23-17-5-3-2-4-14(13)17)24-19(25)9-12-6-7-16(22)15(21)8-12/h2-8,11,18,23H,9-10H2,1H3,(H,24,25)/t18-/m1/s1. The second-order valence-electron chi connectivity index (χ2n) is 6.13. The van der Waals surface area contributed by atoms with E-state index in [9.17, 15) is 14.0 Å². The van der Waals surface area contributed by atoms with Crippen molar-refractivity contribution in [2.75, 3.05) is 7.11 Å². The number of H-pyrrole nitrogens is 1. The summed E-state index contributed by atoms with van der Waals surface area (Å²) in [6, 6.07) is 11.3. The largest absolute Gasteiger partial charge is 0.467 e. The van der Waals surface area contributed by atoms with Crippen molar-refractivity contribution in [1.82, 2.24) is 10.3 Å². The van der Waals surface area contributed by atoms with Crippen LogP contribution in [0, 0.1) is 5.82 Å². The molecule has 1 aromatic heterocycles. The monoisotopic (exact) mass is 432 g/mol. The molecule has 3 rings (SSSR count). The van der Waals surface area contributed by atoms with Crippen LogP contribution in [0.4, 0.5) is 4.39 Å². The van der Waals surface area contributed by atoms with Crippen LogP contribution in [0.1, 0.15) is 11.1 Å². The second kappa shape index (κ2) is 8.35. The van der Waals surface area contributed by atoms with E-state index in [0.29, 0.717) is 12.0 Å². The van der Waals surface area contributed by atoms with Gasteiger partial charge in [-0.15, -0.1) is 0 Å². The van der Waals surface area contributed by atoms with Crippen LogP contribution in [0.5, 0.6) is 0 Å². The molecule has 140 valence electrons. The zero-order valence-corrected chi connectivity index (χ0v) is 16.2. The van der Waals surface area contributed by atoms with Crippen molar-refractivity contribution in [1.29, 1.82) is 0 Å². The number of ether oxygens (including phenoxy) is 1. The molecule has 0 fully saturated rings. The quantitative estimate of drug-likeness (QED) is 0.585. The first-order valence-corrected chi connectivity index (χ1v) is 9.13. The van der Waals surface area contributed by atoms with Crippen molar-refractivity contribution < 1.29 is 18.7 Å². The summed E-state index contributed by atoms with van der Waals surface area (Å²) in [5.74, 6) is -1.26. The first-order chi connectivity index (χ1) is 13.0. The maximum Gasteiger partial charge on any atom is 0.328 e. The number of amides is 1. The van der Waals surface area contributed by atoms with Crippen molar-refractivity contribution in [2.24, 2.45) is 0 Å². The van der Waals surface area contributed by atoms with Gasteiger partial charge in [-0.25, -0.2) is 9.18 Å². The van der Waals surface area contributed by atoms with Crippen LogP contribution in [0.15, 0.2) is 53.1 Å². The molecule has 2 aromatic carbocycles. The third-order valence-corrected chi connectivity index (χ3v) is 4.88. The van der Waals surface area contributed by atoms with Crippen molar-refractivity contribution in [2.45, 2.75) is 18.9 Å². The number of benzene rings is 2. The Morgan fingerprint density at radius 1 is 1.26 bits per heavy atom. The van der Waals surface area contributed by atoms with Crippen molar-refractivity contribution in [3.05, 3.63) is 70.1 Å². The number of methoxy groups -OCH3 is 1. The van der Waals surface area contributed by atoms with Gasteiger partial charge >= 0.3 is 5.97 Å². The Bertz CT molecular complexity index is 986. The number of carbonyl (C=O) groups is 2. The second-order valence-corrected chi connectivity index (χ2v) is 6.99. The number of halogens is 2. The summed E-state index contributed by atoms with van der Waals surface area (Å²) >= 11 is 3.10. The van der Waals surface area contributed by atoms with Gasteiger partial charge in [-0.3, -0.25) is 4.79 Å². The lowest BCUT2D eigenvalue weighted by atomic mass is 10.0. The number of esters is 1. The maximum atomic E-state index is 13.3. The highest BCUT2D eigenvalue weighted by Crippen LogP contribution is 2.20. The number of aromatic amines is 1. The topological polar surface area (TPSA) is 71.2 Å². The Labute approximate surface area is 164 Å². The molecular formula is C20H18BrFN2O3. The lowest BCUT2D eigenvalue weighted by Crippen LogP contribution is -2.43. The average molecular weight is 433 g/mol. The molecule has 1 heterocycles. The summed E-state index contributed by atoms with van der Waals surface area (Å²) in [6.45, 7) is 0. The van der Waals surface area contributed by atoms with Gasteiger partial charge in [-0.05, 0) is 45.3 Å². The lowest BCUT2D eigenvalue weighted by Gasteiger charge is -2.16. The summed E-state index contributed by atoms with van der Waals surface area (Å²) in [5, 5.41) is 3.71. The highest BCUT2D eigenvalue weighted by atomic mass is 79.9. The molecule has 1 amide bonds. The van der Waals surface area contributed by atoms with Crippen molar-refractivity contribution >= 4 is 38.7 Å². The van der Waals surface area contributed by atoms with E-state index >= 15 is 0 Å². The zero-order valence-electron chi connectivity index (χ0n) is 14.6. The number of nitrogens with one attached hydrogen (secondary N) is 2. The van der Waals surface area contributed by atoms with E-state index in [1.807, 2.05) is 30.5 Å². The van der Waals surface area contributed by atoms with E-state index in [4.69, 9.17) is 4.74 Å². The third kappa shape index (κ3) is 4.54. The van der Waals surface area contributed by atoms with E-state index in [-0.39, 0.29) is 16.8 Å². The fourth-order valence-electron chi connectivity index (χ4n) is 2.94. The first kappa shape index (κ1) is 19.1. The fourth-order valence-corrected chi connectivity index (χ4v) is 3.36. The highest BCUT2D eigenvalue weighted by molar-refractivity contribution is 9.10. The van der Waals surface area contributed by atoms with Crippen molar-refractivity contribution in [3.63, 3.8) is 0 Å². The Kier molecular flexibility index (Phi) is 5.91. The molecule has 0 spiro atoms. The molecule has 1 atom stereocenters. The van der Waals surface area contributed by atoms with E-state index in [1.165, 1.54) is 19.2 Å². The van der Waals surface area contributed by atoms with E-state index in [0.717, 1.165) is 16.5 Å². The molecule has 0 aliphatic heterocycles. The van der Waals surface area contributed by atoms with Crippen LogP contribution in [-0.4, -0.2) is 30.0 Å². The molecule has 2 N–H and O–H groups in total. The van der Waals surface area contributed by atoms with Crippen LogP contribution in [0.25, 0.3) is 10.9 Å². The van der Waals surface area contributed by atoms with Crippen LogP contribution < -0.4 is 5.32 Å². The Hall–Kier alpha value is -2.67. The number of para-hydroxylation sites is 1. The average Bonchev–Trinajstić information content (AvgIpc) is 3.06. The number of aromatic nitrogens is 1. The molecule has 0 aliphatic carbocycles. The minimum atomic E-state index is -0.814. The Morgan fingerprint density at radius 2 is 2.04 bits per heavy atom. The number of hydrogen-bond acceptors (Lipinski definition) is 3. The number of hydrogen-bond donors (Lipinski definition) is 2. The van der Waals surface area contributed by atoms with Gasteiger partial charge in [0.2, 0.25) is 5.91 Å². The molecule has 7 heteroatoms. The van der Waals surface area contributed by atoms with E-state index in [1.54, 1.807) is 6.07 Å². The molecule has 0 bridgehead atoms. The molecule has 0 saturated heterocycles. The summed E-state index contributed by atoms with van der Waals surface area (Å²) in [5.41, 5.74) is 2.50. The van der Waals surface area contributed by atoms with Crippen LogP contribution >= 0.6 is 15.9 Å². The number of fused-ring (bicyclic) bond motifs is 1. The van der Waals surface area contributed by atoms with Crippen molar-refractivity contribution in [3.8, 4) is 0 Å². The molecule has 5 nitrogen and oxygen atoms in total. The van der Waals surface area contributed by atoms with Gasteiger partial charge in [-0.2, -0.15) is 0 Å². The molecule has 0 unspecified atom stereocenters. The van der Waals surface area contributed by atoms with Crippen LogP contribution in [0.2, 0.25) is 0 Å². The number of rotatable bonds is 6. The van der Waals surface area contributed by atoms with Gasteiger partial charge in [-0.1, -0.05) is 24.3 Å². The van der Waals surface area contributed by atoms with E-state index < -0.39 is 17.8 Å². The Balaban J connectivity index is 1.73.